The fraction of sp³-hybridized carbons (Fsp3) is 0.889. The molecule has 4 nitrogen and oxygen atoms in total. The van der Waals surface area contributed by atoms with Crippen molar-refractivity contribution in [1.29, 1.82) is 0 Å². The maximum Gasteiger partial charge on any atom is 0.343 e. The molecule has 0 aromatic heterocycles. The van der Waals surface area contributed by atoms with Crippen molar-refractivity contribution < 1.29 is 24.1 Å². The summed E-state index contributed by atoms with van der Waals surface area (Å²) in [6.45, 7) is 3.45. The SMILES string of the molecule is CCOC(=O)C(C)(F)C(C)[C@H](O)CO. The van der Waals surface area contributed by atoms with Gasteiger partial charge in [-0.2, -0.15) is 0 Å². The van der Waals surface area contributed by atoms with Gasteiger partial charge in [0, 0.05) is 5.92 Å². The highest BCUT2D eigenvalue weighted by atomic mass is 19.1. The highest BCUT2D eigenvalue weighted by Crippen LogP contribution is 2.26. The number of hydrogen-bond acceptors (Lipinski definition) is 4. The lowest BCUT2D eigenvalue weighted by Crippen LogP contribution is -2.45. The number of carbonyl (C=O) groups is 1. The number of esters is 1. The quantitative estimate of drug-likeness (QED) is 0.636. The van der Waals surface area contributed by atoms with Crippen LogP contribution in [0.5, 0.6) is 0 Å². The molecule has 0 aromatic carbocycles. The third-order valence-electron chi connectivity index (χ3n) is 2.29. The van der Waals surface area contributed by atoms with Gasteiger partial charge in [-0.3, -0.25) is 0 Å². The summed E-state index contributed by atoms with van der Waals surface area (Å²) in [5.41, 5.74) is -2.28. The van der Waals surface area contributed by atoms with E-state index >= 15 is 0 Å². The molecule has 0 spiro atoms. The standard InChI is InChI=1S/C9H17FO4/c1-4-14-8(13)9(3,10)6(2)7(12)5-11/h6-7,11-12H,4-5H2,1-3H3/t6?,7-,9?/m1/s1. The van der Waals surface area contributed by atoms with Crippen LogP contribution < -0.4 is 0 Å². The predicted molar refractivity (Wildman–Crippen MR) is 48.4 cm³/mol. The van der Waals surface area contributed by atoms with Gasteiger partial charge in [0.15, 0.2) is 0 Å². The lowest BCUT2D eigenvalue weighted by molar-refractivity contribution is -0.163. The number of ether oxygens (including phenoxy) is 1. The number of rotatable bonds is 5. The number of aliphatic hydroxyl groups excluding tert-OH is 2. The van der Waals surface area contributed by atoms with Crippen LogP contribution in [-0.2, 0) is 9.53 Å². The first-order valence-electron chi connectivity index (χ1n) is 4.53. The minimum atomic E-state index is -2.28. The van der Waals surface area contributed by atoms with E-state index in [-0.39, 0.29) is 6.61 Å². The van der Waals surface area contributed by atoms with Gasteiger partial charge in [0.1, 0.15) is 0 Å². The van der Waals surface area contributed by atoms with Crippen molar-refractivity contribution in [1.82, 2.24) is 0 Å². The molecule has 0 heterocycles. The van der Waals surface area contributed by atoms with E-state index in [9.17, 15) is 14.3 Å². The van der Waals surface area contributed by atoms with Crippen LogP contribution in [0.15, 0.2) is 0 Å². The highest BCUT2D eigenvalue weighted by molar-refractivity contribution is 5.79. The monoisotopic (exact) mass is 208 g/mol. The Bertz CT molecular complexity index is 193. The molecule has 0 aliphatic rings. The second-order valence-corrected chi connectivity index (χ2v) is 3.33. The topological polar surface area (TPSA) is 66.8 Å². The van der Waals surface area contributed by atoms with Crippen LogP contribution in [0.2, 0.25) is 0 Å². The predicted octanol–water partition coefficient (Wildman–Crippen LogP) is 0.267. The van der Waals surface area contributed by atoms with Gasteiger partial charge < -0.3 is 14.9 Å². The average molecular weight is 208 g/mol. The lowest BCUT2D eigenvalue weighted by Gasteiger charge is -2.28. The molecule has 0 aromatic rings. The highest BCUT2D eigenvalue weighted by Gasteiger charge is 2.43. The van der Waals surface area contributed by atoms with Crippen molar-refractivity contribution in [2.24, 2.45) is 5.92 Å². The fourth-order valence-electron chi connectivity index (χ4n) is 0.978. The Balaban J connectivity index is 4.50. The number of hydrogen-bond donors (Lipinski definition) is 2. The zero-order chi connectivity index (χ0) is 11.4. The molecule has 84 valence electrons. The molecule has 0 radical (unpaired) electrons. The van der Waals surface area contributed by atoms with Crippen molar-refractivity contribution in [2.75, 3.05) is 13.2 Å². The van der Waals surface area contributed by atoms with E-state index in [2.05, 4.69) is 4.74 Å². The zero-order valence-corrected chi connectivity index (χ0v) is 8.66. The number of aliphatic hydroxyl groups is 2. The molecule has 14 heavy (non-hydrogen) atoms. The molecule has 3 atom stereocenters. The average Bonchev–Trinajstić information content (AvgIpc) is 2.15. The van der Waals surface area contributed by atoms with Crippen LogP contribution in [0, 0.1) is 5.92 Å². The molecular formula is C9H17FO4. The maximum absolute atomic E-state index is 13.8. The molecule has 0 aliphatic heterocycles. The van der Waals surface area contributed by atoms with E-state index in [1.54, 1.807) is 6.92 Å². The maximum atomic E-state index is 13.8. The molecule has 0 saturated heterocycles. The minimum absolute atomic E-state index is 0.0836. The third-order valence-corrected chi connectivity index (χ3v) is 2.29. The van der Waals surface area contributed by atoms with Crippen LogP contribution in [-0.4, -0.2) is 41.2 Å². The molecule has 0 rings (SSSR count). The molecule has 0 saturated carbocycles. The lowest BCUT2D eigenvalue weighted by atomic mass is 9.88. The van der Waals surface area contributed by atoms with E-state index in [4.69, 9.17) is 5.11 Å². The molecule has 0 fully saturated rings. The van der Waals surface area contributed by atoms with Crippen LogP contribution in [0.25, 0.3) is 0 Å². The molecule has 5 heteroatoms. The van der Waals surface area contributed by atoms with Gasteiger partial charge in [-0.25, -0.2) is 9.18 Å². The van der Waals surface area contributed by atoms with Gasteiger partial charge in [-0.05, 0) is 13.8 Å². The Hall–Kier alpha value is -0.680. The Labute approximate surface area is 82.7 Å². The normalized spacial score (nSPS) is 19.6. The van der Waals surface area contributed by atoms with Crippen LogP contribution in [0.1, 0.15) is 20.8 Å². The molecule has 0 bridgehead atoms. The van der Waals surface area contributed by atoms with Gasteiger partial charge in [-0.15, -0.1) is 0 Å². The molecule has 0 aliphatic carbocycles. The molecule has 2 N–H and O–H groups in total. The van der Waals surface area contributed by atoms with E-state index in [0.717, 1.165) is 6.92 Å². The van der Waals surface area contributed by atoms with Crippen molar-refractivity contribution in [3.63, 3.8) is 0 Å². The second kappa shape index (κ2) is 5.26. The van der Waals surface area contributed by atoms with Crippen LogP contribution in [0.4, 0.5) is 4.39 Å². The summed E-state index contributed by atoms with van der Waals surface area (Å²) in [5.74, 6) is -2.02. The molecule has 2 unspecified atom stereocenters. The largest absolute Gasteiger partial charge is 0.464 e. The summed E-state index contributed by atoms with van der Waals surface area (Å²) in [6, 6.07) is 0. The Morgan fingerprint density at radius 1 is 1.64 bits per heavy atom. The number of halogens is 1. The van der Waals surface area contributed by atoms with Gasteiger partial charge in [0.2, 0.25) is 5.67 Å². The van der Waals surface area contributed by atoms with E-state index in [0.29, 0.717) is 0 Å². The number of alkyl halides is 1. The van der Waals surface area contributed by atoms with Gasteiger partial charge in [0.05, 0.1) is 19.3 Å². The second-order valence-electron chi connectivity index (χ2n) is 3.33. The first kappa shape index (κ1) is 13.3. The van der Waals surface area contributed by atoms with Gasteiger partial charge in [-0.1, -0.05) is 6.92 Å². The molecular weight excluding hydrogens is 191 g/mol. The van der Waals surface area contributed by atoms with Crippen LogP contribution >= 0.6 is 0 Å². The minimum Gasteiger partial charge on any atom is -0.464 e. The van der Waals surface area contributed by atoms with Gasteiger partial charge in [0.25, 0.3) is 0 Å². The first-order chi connectivity index (χ1) is 6.37. The van der Waals surface area contributed by atoms with E-state index in [1.807, 2.05) is 0 Å². The summed E-state index contributed by atoms with van der Waals surface area (Å²) >= 11 is 0. The third kappa shape index (κ3) is 2.92. The first-order valence-corrected chi connectivity index (χ1v) is 4.53. The fourth-order valence-corrected chi connectivity index (χ4v) is 0.978. The van der Waals surface area contributed by atoms with Crippen molar-refractivity contribution in [2.45, 2.75) is 32.5 Å². The van der Waals surface area contributed by atoms with Crippen molar-refractivity contribution in [3.8, 4) is 0 Å². The smallest absolute Gasteiger partial charge is 0.343 e. The van der Waals surface area contributed by atoms with Crippen LogP contribution in [0.3, 0.4) is 0 Å². The zero-order valence-electron chi connectivity index (χ0n) is 8.66. The summed E-state index contributed by atoms with van der Waals surface area (Å²) in [7, 11) is 0. The van der Waals surface area contributed by atoms with E-state index < -0.39 is 30.3 Å². The van der Waals surface area contributed by atoms with E-state index in [1.165, 1.54) is 6.92 Å². The summed E-state index contributed by atoms with van der Waals surface area (Å²) in [5, 5.41) is 17.8. The van der Waals surface area contributed by atoms with Crippen molar-refractivity contribution in [3.05, 3.63) is 0 Å². The van der Waals surface area contributed by atoms with Crippen molar-refractivity contribution >= 4 is 5.97 Å². The Morgan fingerprint density at radius 3 is 2.50 bits per heavy atom. The van der Waals surface area contributed by atoms with Gasteiger partial charge >= 0.3 is 5.97 Å². The Kier molecular flexibility index (Phi) is 5.01. The Morgan fingerprint density at radius 2 is 2.14 bits per heavy atom. The summed E-state index contributed by atoms with van der Waals surface area (Å²) < 4.78 is 18.3. The summed E-state index contributed by atoms with van der Waals surface area (Å²) in [4.78, 5) is 11.1. The summed E-state index contributed by atoms with van der Waals surface area (Å²) in [6.07, 6.45) is -1.27. The number of carbonyl (C=O) groups excluding carboxylic acids is 1. The molecule has 0 amide bonds.